The minimum atomic E-state index is -0.774. The van der Waals surface area contributed by atoms with E-state index in [1.165, 1.54) is 199 Å². The minimum absolute atomic E-state index is 0.0726. The second kappa shape index (κ2) is 55.2. The van der Waals surface area contributed by atoms with Gasteiger partial charge in [-0.3, -0.25) is 14.4 Å². The maximum atomic E-state index is 12.8. The summed E-state index contributed by atoms with van der Waals surface area (Å²) in [6.07, 6.45) is 65.6. The van der Waals surface area contributed by atoms with Crippen molar-refractivity contribution in [3.8, 4) is 0 Å². The summed E-state index contributed by atoms with van der Waals surface area (Å²) < 4.78 is 16.9. The van der Waals surface area contributed by atoms with E-state index >= 15 is 0 Å². The SMILES string of the molecule is CCCCCC/C=C\C/C=C\CCCCCCCCCC(=O)OC(COC(=O)CCCCCCCCCCC/C=C\CCCCCCCC)COC(=O)CCCCCCCCCCCCC. The molecule has 0 bridgehead atoms. The van der Waals surface area contributed by atoms with E-state index in [1.54, 1.807) is 0 Å². The maximum absolute atomic E-state index is 12.8. The molecule has 1 atom stereocenters. The molecule has 386 valence electrons. The number of allylic oxidation sites excluding steroid dienone is 6. The molecule has 0 saturated heterocycles. The van der Waals surface area contributed by atoms with Crippen LogP contribution in [0.3, 0.4) is 0 Å². The van der Waals surface area contributed by atoms with E-state index in [9.17, 15) is 14.4 Å². The van der Waals surface area contributed by atoms with Crippen molar-refractivity contribution >= 4 is 17.9 Å². The molecule has 1 unspecified atom stereocenters. The molecule has 0 heterocycles. The molecule has 6 heteroatoms. The first-order valence-corrected chi connectivity index (χ1v) is 29.0. The van der Waals surface area contributed by atoms with Gasteiger partial charge in [0.25, 0.3) is 0 Å². The molecule has 0 aromatic heterocycles. The lowest BCUT2D eigenvalue weighted by Gasteiger charge is -2.18. The Labute approximate surface area is 410 Å². The Balaban J connectivity index is 4.31. The van der Waals surface area contributed by atoms with Gasteiger partial charge in [-0.1, -0.05) is 250 Å². The van der Waals surface area contributed by atoms with Crippen molar-refractivity contribution < 1.29 is 28.6 Å². The number of carbonyl (C=O) groups is 3. The Bertz CT molecular complexity index is 1110. The first-order chi connectivity index (χ1) is 32.5. The highest BCUT2D eigenvalue weighted by Gasteiger charge is 2.19. The van der Waals surface area contributed by atoms with Gasteiger partial charge in [-0.05, 0) is 77.0 Å². The number of esters is 3. The molecule has 0 spiro atoms. The minimum Gasteiger partial charge on any atom is -0.462 e. The van der Waals surface area contributed by atoms with Crippen molar-refractivity contribution in [3.63, 3.8) is 0 Å². The first kappa shape index (κ1) is 63.6. The molecule has 0 radical (unpaired) electrons. The van der Waals surface area contributed by atoms with Crippen LogP contribution in [0.1, 0.15) is 310 Å². The zero-order valence-corrected chi connectivity index (χ0v) is 44.2. The highest BCUT2D eigenvalue weighted by atomic mass is 16.6. The van der Waals surface area contributed by atoms with Crippen molar-refractivity contribution in [1.82, 2.24) is 0 Å². The van der Waals surface area contributed by atoms with Gasteiger partial charge < -0.3 is 14.2 Å². The van der Waals surface area contributed by atoms with E-state index in [2.05, 4.69) is 57.2 Å². The Kier molecular flexibility index (Phi) is 53.2. The van der Waals surface area contributed by atoms with Gasteiger partial charge >= 0.3 is 17.9 Å². The largest absolute Gasteiger partial charge is 0.462 e. The van der Waals surface area contributed by atoms with Gasteiger partial charge in [0, 0.05) is 19.3 Å². The van der Waals surface area contributed by atoms with E-state index in [-0.39, 0.29) is 31.1 Å². The van der Waals surface area contributed by atoms with Crippen LogP contribution in [-0.2, 0) is 28.6 Å². The molecule has 0 N–H and O–H groups in total. The normalized spacial score (nSPS) is 12.2. The lowest BCUT2D eigenvalue weighted by molar-refractivity contribution is -0.167. The summed E-state index contributed by atoms with van der Waals surface area (Å²) in [5.41, 5.74) is 0. The van der Waals surface area contributed by atoms with Gasteiger partial charge in [0.05, 0.1) is 0 Å². The molecule has 0 fully saturated rings. The van der Waals surface area contributed by atoms with Crippen molar-refractivity contribution in [2.24, 2.45) is 0 Å². The second-order valence-electron chi connectivity index (χ2n) is 19.6. The van der Waals surface area contributed by atoms with Crippen LogP contribution in [-0.4, -0.2) is 37.2 Å². The maximum Gasteiger partial charge on any atom is 0.306 e. The van der Waals surface area contributed by atoms with Crippen molar-refractivity contribution in [1.29, 1.82) is 0 Å². The summed E-state index contributed by atoms with van der Waals surface area (Å²) >= 11 is 0. The van der Waals surface area contributed by atoms with Gasteiger partial charge in [-0.2, -0.15) is 0 Å². The van der Waals surface area contributed by atoms with Crippen LogP contribution in [0, 0.1) is 0 Å². The molecule has 0 saturated carbocycles. The second-order valence-corrected chi connectivity index (χ2v) is 19.6. The fourth-order valence-electron chi connectivity index (χ4n) is 8.47. The van der Waals surface area contributed by atoms with Gasteiger partial charge in [0.15, 0.2) is 6.10 Å². The fraction of sp³-hybridized carbons (Fsp3) is 0.850. The molecule has 0 rings (SSSR count). The summed E-state index contributed by atoms with van der Waals surface area (Å²) in [6.45, 7) is 6.64. The summed E-state index contributed by atoms with van der Waals surface area (Å²) in [5.74, 6) is -0.867. The van der Waals surface area contributed by atoms with E-state index < -0.39 is 6.10 Å². The number of carbonyl (C=O) groups excluding carboxylic acids is 3. The molecule has 0 aliphatic carbocycles. The first-order valence-electron chi connectivity index (χ1n) is 29.0. The fourth-order valence-corrected chi connectivity index (χ4v) is 8.47. The van der Waals surface area contributed by atoms with Crippen LogP contribution < -0.4 is 0 Å². The van der Waals surface area contributed by atoms with E-state index in [0.717, 1.165) is 70.6 Å². The Morgan fingerprint density at radius 1 is 0.303 bits per heavy atom. The number of unbranched alkanes of at least 4 members (excludes halogenated alkanes) is 36. The number of ether oxygens (including phenoxy) is 3. The molecule has 0 aromatic carbocycles. The zero-order chi connectivity index (χ0) is 47.9. The topological polar surface area (TPSA) is 78.9 Å². The van der Waals surface area contributed by atoms with Gasteiger partial charge in [-0.15, -0.1) is 0 Å². The van der Waals surface area contributed by atoms with Gasteiger partial charge in [0.2, 0.25) is 0 Å². The van der Waals surface area contributed by atoms with Crippen LogP contribution in [0.2, 0.25) is 0 Å². The number of hydrogen-bond acceptors (Lipinski definition) is 6. The predicted molar refractivity (Wildman–Crippen MR) is 284 cm³/mol. The van der Waals surface area contributed by atoms with Gasteiger partial charge in [-0.25, -0.2) is 0 Å². The summed E-state index contributed by atoms with van der Waals surface area (Å²) in [4.78, 5) is 38.1. The van der Waals surface area contributed by atoms with E-state index in [0.29, 0.717) is 19.3 Å². The third kappa shape index (κ3) is 52.6. The molecule has 66 heavy (non-hydrogen) atoms. The van der Waals surface area contributed by atoms with Crippen LogP contribution in [0.4, 0.5) is 0 Å². The van der Waals surface area contributed by atoms with Crippen molar-refractivity contribution in [2.45, 2.75) is 316 Å². The molecule has 0 aromatic rings. The lowest BCUT2D eigenvalue weighted by Crippen LogP contribution is -2.30. The van der Waals surface area contributed by atoms with E-state index in [4.69, 9.17) is 14.2 Å². The molecule has 0 aliphatic rings. The standard InChI is InChI=1S/C60H110O6/c1-4-7-10-13-16-19-22-24-26-28-30-32-33-35-38-41-44-47-50-53-59(62)65-56-57(55-64-58(61)52-49-46-43-40-37-21-18-15-12-9-6-3)66-60(63)54-51-48-45-42-39-36-34-31-29-27-25-23-20-17-14-11-8-5-2/h20,23-24,26-27,29,57H,4-19,21-22,25,28,30-56H2,1-3H3/b23-20-,26-24-,29-27-. The van der Waals surface area contributed by atoms with Gasteiger partial charge in [0.1, 0.15) is 13.2 Å². The van der Waals surface area contributed by atoms with Crippen LogP contribution >= 0.6 is 0 Å². The van der Waals surface area contributed by atoms with E-state index in [1.807, 2.05) is 0 Å². The summed E-state index contributed by atoms with van der Waals surface area (Å²) in [5, 5.41) is 0. The third-order valence-corrected chi connectivity index (χ3v) is 12.9. The highest BCUT2D eigenvalue weighted by molar-refractivity contribution is 5.71. The van der Waals surface area contributed by atoms with Crippen molar-refractivity contribution in [3.05, 3.63) is 36.5 Å². The Morgan fingerprint density at radius 3 is 0.864 bits per heavy atom. The highest BCUT2D eigenvalue weighted by Crippen LogP contribution is 2.16. The average molecular weight is 928 g/mol. The predicted octanol–water partition coefficient (Wildman–Crippen LogP) is 19.3. The molecule has 6 nitrogen and oxygen atoms in total. The lowest BCUT2D eigenvalue weighted by atomic mass is 10.1. The monoisotopic (exact) mass is 927 g/mol. The zero-order valence-electron chi connectivity index (χ0n) is 44.2. The third-order valence-electron chi connectivity index (χ3n) is 12.9. The smallest absolute Gasteiger partial charge is 0.306 e. The van der Waals surface area contributed by atoms with Crippen molar-refractivity contribution in [2.75, 3.05) is 13.2 Å². The molecule has 0 aliphatic heterocycles. The summed E-state index contributed by atoms with van der Waals surface area (Å²) in [6, 6.07) is 0. The Hall–Kier alpha value is -2.37. The molecular weight excluding hydrogens is 817 g/mol. The Morgan fingerprint density at radius 2 is 0.545 bits per heavy atom. The number of rotatable bonds is 53. The van der Waals surface area contributed by atoms with Crippen LogP contribution in [0.5, 0.6) is 0 Å². The molecule has 0 amide bonds. The molecular formula is C60H110O6. The summed E-state index contributed by atoms with van der Waals surface area (Å²) in [7, 11) is 0. The number of hydrogen-bond donors (Lipinski definition) is 0. The average Bonchev–Trinajstić information content (AvgIpc) is 3.31. The quantitative estimate of drug-likeness (QED) is 0.0262. The van der Waals surface area contributed by atoms with Crippen LogP contribution in [0.25, 0.3) is 0 Å². The van der Waals surface area contributed by atoms with Crippen LogP contribution in [0.15, 0.2) is 36.5 Å².